The van der Waals surface area contributed by atoms with Crippen LogP contribution in [0.3, 0.4) is 0 Å². The van der Waals surface area contributed by atoms with Crippen molar-refractivity contribution in [2.45, 2.75) is 0 Å². The van der Waals surface area contributed by atoms with Gasteiger partial charge >= 0.3 is 0 Å². The molecule has 0 fully saturated rings. The highest BCUT2D eigenvalue weighted by Gasteiger charge is 2.40. The molecule has 2 aliphatic rings. The van der Waals surface area contributed by atoms with Crippen molar-refractivity contribution in [3.8, 4) is 56.4 Å². The summed E-state index contributed by atoms with van der Waals surface area (Å²) in [5.74, 6) is 3.51. The van der Waals surface area contributed by atoms with Crippen LogP contribution in [0, 0.1) is 0 Å². The highest BCUT2D eigenvalue weighted by Crippen LogP contribution is 2.40. The first-order valence-electron chi connectivity index (χ1n) is 13.3. The zero-order chi connectivity index (χ0) is 25.8. The SMILES string of the molecule is c1ccc(-c2cc(-c3ccccc3)cc(-c3cc4c5c(c3)Oc3ccccc3B5c3ccccc3O4)c2)cc1. The second kappa shape index (κ2) is 8.78. The molecule has 2 nitrogen and oxygen atoms in total. The molecule has 2 heterocycles. The van der Waals surface area contributed by atoms with Gasteiger partial charge in [-0.25, -0.2) is 0 Å². The van der Waals surface area contributed by atoms with Crippen molar-refractivity contribution in [1.29, 1.82) is 0 Å². The van der Waals surface area contributed by atoms with Crippen LogP contribution in [-0.2, 0) is 0 Å². The Morgan fingerprint density at radius 1 is 0.333 bits per heavy atom. The molecule has 0 aliphatic carbocycles. The van der Waals surface area contributed by atoms with Gasteiger partial charge in [-0.05, 0) is 86.8 Å². The van der Waals surface area contributed by atoms with Gasteiger partial charge in [0.1, 0.15) is 23.0 Å². The number of ether oxygens (including phenoxy) is 2. The normalized spacial score (nSPS) is 12.5. The first kappa shape index (κ1) is 22.0. The fourth-order valence-electron chi connectivity index (χ4n) is 5.95. The molecule has 6 aromatic carbocycles. The van der Waals surface area contributed by atoms with Crippen molar-refractivity contribution < 1.29 is 9.47 Å². The van der Waals surface area contributed by atoms with Crippen molar-refractivity contribution in [1.82, 2.24) is 0 Å². The van der Waals surface area contributed by atoms with Crippen LogP contribution in [0.1, 0.15) is 0 Å². The molecule has 0 aromatic heterocycles. The first-order valence-corrected chi connectivity index (χ1v) is 13.3. The van der Waals surface area contributed by atoms with E-state index in [0.717, 1.165) is 39.6 Å². The van der Waals surface area contributed by atoms with Crippen molar-refractivity contribution in [2.75, 3.05) is 0 Å². The van der Waals surface area contributed by atoms with Crippen LogP contribution in [0.15, 0.2) is 140 Å². The molecule has 0 spiro atoms. The van der Waals surface area contributed by atoms with E-state index in [4.69, 9.17) is 9.47 Å². The zero-order valence-electron chi connectivity index (χ0n) is 21.2. The largest absolute Gasteiger partial charge is 0.458 e. The number of para-hydroxylation sites is 2. The van der Waals surface area contributed by atoms with E-state index in [1.807, 2.05) is 12.1 Å². The van der Waals surface area contributed by atoms with Crippen LogP contribution in [-0.4, -0.2) is 6.71 Å². The van der Waals surface area contributed by atoms with Crippen molar-refractivity contribution in [2.24, 2.45) is 0 Å². The maximum absolute atomic E-state index is 6.55. The maximum atomic E-state index is 6.55. The molecule has 0 amide bonds. The Labute approximate surface area is 228 Å². The average Bonchev–Trinajstić information content (AvgIpc) is 3.01. The van der Waals surface area contributed by atoms with E-state index in [9.17, 15) is 0 Å². The summed E-state index contributed by atoms with van der Waals surface area (Å²) in [5.41, 5.74) is 10.4. The van der Waals surface area contributed by atoms with Gasteiger partial charge in [0.25, 0.3) is 6.71 Å². The predicted molar refractivity (Wildman–Crippen MR) is 160 cm³/mol. The van der Waals surface area contributed by atoms with Gasteiger partial charge in [0.15, 0.2) is 0 Å². The van der Waals surface area contributed by atoms with Crippen LogP contribution in [0.25, 0.3) is 33.4 Å². The van der Waals surface area contributed by atoms with Crippen LogP contribution >= 0.6 is 0 Å². The third kappa shape index (κ3) is 3.66. The van der Waals surface area contributed by atoms with E-state index in [1.165, 1.54) is 33.2 Å². The summed E-state index contributed by atoms with van der Waals surface area (Å²) >= 11 is 0. The summed E-state index contributed by atoms with van der Waals surface area (Å²) in [4.78, 5) is 0. The number of rotatable bonds is 3. The Kier molecular flexibility index (Phi) is 4.96. The second-order valence-corrected chi connectivity index (χ2v) is 10.1. The molecule has 0 radical (unpaired) electrons. The third-order valence-corrected chi connectivity index (χ3v) is 7.77. The molecule has 39 heavy (non-hydrogen) atoms. The topological polar surface area (TPSA) is 18.5 Å². The minimum Gasteiger partial charge on any atom is -0.458 e. The first-order chi connectivity index (χ1) is 19.3. The third-order valence-electron chi connectivity index (χ3n) is 7.77. The number of hydrogen-bond acceptors (Lipinski definition) is 2. The molecular formula is C36H23BO2. The second-order valence-electron chi connectivity index (χ2n) is 10.1. The van der Waals surface area contributed by atoms with E-state index in [0.29, 0.717) is 0 Å². The summed E-state index contributed by atoms with van der Waals surface area (Å²) in [5, 5.41) is 0. The fourth-order valence-corrected chi connectivity index (χ4v) is 5.95. The average molecular weight is 498 g/mol. The Morgan fingerprint density at radius 3 is 1.21 bits per heavy atom. The molecule has 8 rings (SSSR count). The minimum absolute atomic E-state index is 0.0782. The van der Waals surface area contributed by atoms with Crippen molar-refractivity contribution in [3.63, 3.8) is 0 Å². The van der Waals surface area contributed by atoms with Crippen LogP contribution in [0.5, 0.6) is 23.0 Å². The monoisotopic (exact) mass is 498 g/mol. The molecular weight excluding hydrogens is 475 g/mol. The number of fused-ring (bicyclic) bond motifs is 4. The standard InChI is InChI=1S/C36H23BO2/c1-3-11-24(12-4-1)26-19-27(25-13-5-2-6-14-25)21-28(20-26)29-22-34-36-35(23-29)39-33-18-10-8-16-31(33)37(36)30-15-7-9-17-32(30)38-34/h1-23H. The van der Waals surface area contributed by atoms with E-state index in [1.54, 1.807) is 0 Å². The van der Waals surface area contributed by atoms with Crippen molar-refractivity contribution >= 4 is 23.1 Å². The van der Waals surface area contributed by atoms with Crippen LogP contribution < -0.4 is 25.9 Å². The Balaban J connectivity index is 1.35. The smallest absolute Gasteiger partial charge is 0.260 e. The van der Waals surface area contributed by atoms with Crippen LogP contribution in [0.4, 0.5) is 0 Å². The molecule has 0 unspecified atom stereocenters. The van der Waals surface area contributed by atoms with Gasteiger partial charge in [-0.2, -0.15) is 0 Å². The molecule has 0 saturated heterocycles. The van der Waals surface area contributed by atoms with Gasteiger partial charge in [0, 0.05) is 5.46 Å². The van der Waals surface area contributed by atoms with E-state index in [-0.39, 0.29) is 6.71 Å². The summed E-state index contributed by atoms with van der Waals surface area (Å²) in [6.45, 7) is 0.0782. The predicted octanol–water partition coefficient (Wildman–Crippen LogP) is 7.42. The van der Waals surface area contributed by atoms with Crippen molar-refractivity contribution in [3.05, 3.63) is 140 Å². The summed E-state index contributed by atoms with van der Waals surface area (Å²) in [7, 11) is 0. The zero-order valence-corrected chi connectivity index (χ0v) is 21.2. The minimum atomic E-state index is 0.0782. The fraction of sp³-hybridized carbons (Fsp3) is 0. The van der Waals surface area contributed by atoms with Gasteiger partial charge in [-0.1, -0.05) is 97.1 Å². The molecule has 6 aromatic rings. The quantitative estimate of drug-likeness (QED) is 0.236. The van der Waals surface area contributed by atoms with E-state index < -0.39 is 0 Å². The maximum Gasteiger partial charge on any atom is 0.260 e. The van der Waals surface area contributed by atoms with E-state index >= 15 is 0 Å². The van der Waals surface area contributed by atoms with Gasteiger partial charge in [0.2, 0.25) is 0 Å². The Hall–Kier alpha value is -5.02. The lowest BCUT2D eigenvalue weighted by molar-refractivity contribution is 0.465. The molecule has 0 bridgehead atoms. The highest BCUT2D eigenvalue weighted by atomic mass is 16.5. The van der Waals surface area contributed by atoms with Gasteiger partial charge in [0.05, 0.1) is 0 Å². The Morgan fingerprint density at radius 2 is 0.718 bits per heavy atom. The number of benzene rings is 6. The molecule has 0 saturated carbocycles. The highest BCUT2D eigenvalue weighted by molar-refractivity contribution is 6.98. The molecule has 2 aliphatic heterocycles. The Bertz CT molecular complexity index is 1730. The lowest BCUT2D eigenvalue weighted by Gasteiger charge is -2.33. The molecule has 0 atom stereocenters. The van der Waals surface area contributed by atoms with Gasteiger partial charge in [-0.3, -0.25) is 0 Å². The summed E-state index contributed by atoms with van der Waals surface area (Å²) < 4.78 is 13.1. The lowest BCUT2D eigenvalue weighted by atomic mass is 9.35. The molecule has 182 valence electrons. The molecule has 0 N–H and O–H groups in total. The summed E-state index contributed by atoms with van der Waals surface area (Å²) in [6, 6.07) is 49.0. The van der Waals surface area contributed by atoms with Crippen LogP contribution in [0.2, 0.25) is 0 Å². The van der Waals surface area contributed by atoms with E-state index in [2.05, 4.69) is 127 Å². The lowest BCUT2D eigenvalue weighted by Crippen LogP contribution is -2.57. The van der Waals surface area contributed by atoms with Gasteiger partial charge < -0.3 is 9.47 Å². The summed E-state index contributed by atoms with van der Waals surface area (Å²) in [6.07, 6.45) is 0. The molecule has 3 heteroatoms. The van der Waals surface area contributed by atoms with Gasteiger partial charge in [-0.15, -0.1) is 0 Å². The number of hydrogen-bond donors (Lipinski definition) is 0.